The third kappa shape index (κ3) is 11.8. The lowest BCUT2D eigenvalue weighted by atomic mass is 9.94. The Bertz CT molecular complexity index is 1600. The number of esters is 1. The number of alkyl halides is 9. The molecule has 0 saturated heterocycles. The predicted molar refractivity (Wildman–Crippen MR) is 166 cm³/mol. The van der Waals surface area contributed by atoms with Crippen LogP contribution in [-0.2, 0) is 34.5 Å². The van der Waals surface area contributed by atoms with E-state index in [-0.39, 0.29) is 18.1 Å². The maximum Gasteiger partial charge on any atom is 0.416 e. The van der Waals surface area contributed by atoms with Gasteiger partial charge in [-0.25, -0.2) is 0 Å². The quantitative estimate of drug-likeness (QED) is 0.0974. The summed E-state index contributed by atoms with van der Waals surface area (Å²) < 4.78 is 127. The van der Waals surface area contributed by atoms with Crippen molar-refractivity contribution in [3.05, 3.63) is 81.4 Å². The largest absolute Gasteiger partial charge is 0.492 e. The lowest BCUT2D eigenvalue weighted by molar-refractivity contribution is -0.151. The molecule has 49 heavy (non-hydrogen) atoms. The van der Waals surface area contributed by atoms with Gasteiger partial charge in [0.1, 0.15) is 11.9 Å². The van der Waals surface area contributed by atoms with E-state index < -0.39 is 53.2 Å². The minimum Gasteiger partial charge on any atom is -0.492 e. The van der Waals surface area contributed by atoms with Crippen LogP contribution in [0.1, 0.15) is 80.9 Å². The standard InChI is InChI=1S/C19H18ClF3N2O.C15H16F6O2/c1-2-12-9-13(19(21,22)23)5-6-14(12)15-10-18(16(20)11-17(15)25)26-8-4-3-7-24;1-4-12(22)23-13(8(2)3)9-5-10(14(16,17)18)7-11(6-9)15(19,20)21/h5-6,9-11H,2-4,8,25H2,1H3;5-8,13H,4H2,1-3H3. The Kier molecular flexibility index (Phi) is 14.2. The van der Waals surface area contributed by atoms with Crippen LogP contribution in [0.15, 0.2) is 48.5 Å². The fraction of sp³-hybridized carbons (Fsp3) is 0.412. The molecule has 0 aliphatic carbocycles. The molecule has 5 nitrogen and oxygen atoms in total. The summed E-state index contributed by atoms with van der Waals surface area (Å²) in [6.45, 7) is 6.66. The zero-order valence-corrected chi connectivity index (χ0v) is 27.6. The van der Waals surface area contributed by atoms with Crippen molar-refractivity contribution in [1.29, 1.82) is 5.26 Å². The highest BCUT2D eigenvalue weighted by atomic mass is 35.5. The minimum absolute atomic E-state index is 0.0334. The number of benzene rings is 3. The Labute approximate surface area is 282 Å². The number of nitrogens with two attached hydrogens (primary N) is 1. The summed E-state index contributed by atoms with van der Waals surface area (Å²) in [5.41, 5.74) is 4.22. The number of nitrogens with zero attached hydrogens (tertiary/aromatic N) is 1. The minimum atomic E-state index is -4.94. The van der Waals surface area contributed by atoms with E-state index in [9.17, 15) is 44.3 Å². The van der Waals surface area contributed by atoms with Gasteiger partial charge in [-0.05, 0) is 77.9 Å². The lowest BCUT2D eigenvalue weighted by Gasteiger charge is -2.24. The van der Waals surface area contributed by atoms with Crippen molar-refractivity contribution in [2.45, 2.75) is 78.0 Å². The van der Waals surface area contributed by atoms with Crippen molar-refractivity contribution in [1.82, 2.24) is 0 Å². The number of nitriles is 1. The highest BCUT2D eigenvalue weighted by Gasteiger charge is 2.38. The van der Waals surface area contributed by atoms with Crippen LogP contribution in [0, 0.1) is 17.2 Å². The number of carbonyl (C=O) groups excluding carboxylic acids is 1. The molecule has 0 saturated carbocycles. The van der Waals surface area contributed by atoms with Crippen LogP contribution < -0.4 is 10.5 Å². The van der Waals surface area contributed by atoms with Gasteiger partial charge in [0.15, 0.2) is 0 Å². The average Bonchev–Trinajstić information content (AvgIpc) is 3.01. The smallest absolute Gasteiger partial charge is 0.416 e. The van der Waals surface area contributed by atoms with Crippen LogP contribution in [0.2, 0.25) is 5.02 Å². The van der Waals surface area contributed by atoms with Crippen molar-refractivity contribution in [3.63, 3.8) is 0 Å². The summed E-state index contributed by atoms with van der Waals surface area (Å²) in [5, 5.41) is 8.87. The van der Waals surface area contributed by atoms with Gasteiger partial charge in [0.2, 0.25) is 0 Å². The topological polar surface area (TPSA) is 85.3 Å². The molecule has 2 N–H and O–H groups in total. The second kappa shape index (κ2) is 17.0. The van der Waals surface area contributed by atoms with E-state index in [1.54, 1.807) is 26.8 Å². The molecule has 0 fully saturated rings. The number of hydrogen-bond acceptors (Lipinski definition) is 5. The number of carbonyl (C=O) groups is 1. The highest BCUT2D eigenvalue weighted by Crippen LogP contribution is 2.41. The molecule has 0 aliphatic heterocycles. The number of nitrogen functional groups attached to an aromatic ring is 1. The Morgan fingerprint density at radius 2 is 1.43 bits per heavy atom. The van der Waals surface area contributed by atoms with Crippen LogP contribution >= 0.6 is 11.6 Å². The molecule has 0 amide bonds. The number of hydrogen-bond donors (Lipinski definition) is 1. The van der Waals surface area contributed by atoms with E-state index in [1.165, 1.54) is 19.1 Å². The molecular formula is C34H34ClF9N2O3. The second-order valence-corrected chi connectivity index (χ2v) is 11.5. The Morgan fingerprint density at radius 1 is 0.857 bits per heavy atom. The van der Waals surface area contributed by atoms with E-state index >= 15 is 0 Å². The third-order valence-corrected chi connectivity index (χ3v) is 7.28. The molecule has 3 aromatic rings. The molecule has 268 valence electrons. The Hall–Kier alpha value is -4.12. The monoisotopic (exact) mass is 724 g/mol. The molecule has 0 aromatic heterocycles. The number of halogens is 10. The SMILES string of the molecule is CCC(=O)OC(c1cc(C(F)(F)F)cc(C(F)(F)F)c1)C(C)C.CCc1cc(C(F)(F)F)ccc1-c1cc(OCCCC#N)c(Cl)cc1N. The molecule has 0 radical (unpaired) electrons. The fourth-order valence-electron chi connectivity index (χ4n) is 4.53. The summed E-state index contributed by atoms with van der Waals surface area (Å²) in [6, 6.07) is 9.98. The van der Waals surface area contributed by atoms with Gasteiger partial charge in [-0.1, -0.05) is 45.4 Å². The van der Waals surface area contributed by atoms with Gasteiger partial charge in [0.05, 0.1) is 34.4 Å². The first-order valence-electron chi connectivity index (χ1n) is 14.9. The van der Waals surface area contributed by atoms with E-state index in [4.69, 9.17) is 32.1 Å². The molecule has 15 heteroatoms. The van der Waals surface area contributed by atoms with Crippen LogP contribution in [0.3, 0.4) is 0 Å². The first-order valence-corrected chi connectivity index (χ1v) is 15.3. The van der Waals surface area contributed by atoms with Gasteiger partial charge in [0, 0.05) is 24.1 Å². The van der Waals surface area contributed by atoms with E-state index in [0.717, 1.165) is 12.1 Å². The number of aryl methyl sites for hydroxylation is 1. The summed E-state index contributed by atoms with van der Waals surface area (Å²) in [5.74, 6) is -0.805. The molecular weight excluding hydrogens is 691 g/mol. The van der Waals surface area contributed by atoms with E-state index in [2.05, 4.69) is 0 Å². The molecule has 0 heterocycles. The molecule has 3 aromatic carbocycles. The summed E-state index contributed by atoms with van der Waals surface area (Å²) in [6.07, 6.45) is -14.2. The van der Waals surface area contributed by atoms with Gasteiger partial charge < -0.3 is 15.2 Å². The van der Waals surface area contributed by atoms with Gasteiger partial charge in [-0.15, -0.1) is 0 Å². The fourth-order valence-corrected chi connectivity index (χ4v) is 4.76. The predicted octanol–water partition coefficient (Wildman–Crippen LogP) is 11.2. The number of ether oxygens (including phenoxy) is 2. The van der Waals surface area contributed by atoms with Gasteiger partial charge >= 0.3 is 24.5 Å². The summed E-state index contributed by atoms with van der Waals surface area (Å²) in [7, 11) is 0. The number of anilines is 1. The molecule has 0 aliphatic rings. The molecule has 1 unspecified atom stereocenters. The first-order chi connectivity index (χ1) is 22.6. The Balaban J connectivity index is 0.000000343. The maximum atomic E-state index is 13.0. The third-order valence-electron chi connectivity index (χ3n) is 6.99. The van der Waals surface area contributed by atoms with Crippen LogP contribution in [0.5, 0.6) is 5.75 Å². The second-order valence-electron chi connectivity index (χ2n) is 11.1. The van der Waals surface area contributed by atoms with Crippen LogP contribution in [0.25, 0.3) is 11.1 Å². The van der Waals surface area contributed by atoms with Gasteiger partial charge in [0.25, 0.3) is 0 Å². The molecule has 0 bridgehead atoms. The maximum absolute atomic E-state index is 13.0. The van der Waals surface area contributed by atoms with Crippen molar-refractivity contribution >= 4 is 23.3 Å². The van der Waals surface area contributed by atoms with Crippen LogP contribution in [0.4, 0.5) is 45.2 Å². The number of unbranched alkanes of at least 4 members (excludes halogenated alkanes) is 1. The van der Waals surface area contributed by atoms with Crippen LogP contribution in [-0.4, -0.2) is 12.6 Å². The Morgan fingerprint density at radius 3 is 1.90 bits per heavy atom. The average molecular weight is 725 g/mol. The summed E-state index contributed by atoms with van der Waals surface area (Å²) in [4.78, 5) is 11.4. The normalized spacial score (nSPS) is 12.5. The van der Waals surface area contributed by atoms with Crippen molar-refractivity contribution in [2.75, 3.05) is 12.3 Å². The number of rotatable bonds is 10. The van der Waals surface area contributed by atoms with Crippen molar-refractivity contribution in [2.24, 2.45) is 5.92 Å². The summed E-state index contributed by atoms with van der Waals surface area (Å²) >= 11 is 6.14. The first kappa shape index (κ1) is 41.1. The van der Waals surface area contributed by atoms with Crippen molar-refractivity contribution in [3.8, 4) is 22.9 Å². The lowest BCUT2D eigenvalue weighted by Crippen LogP contribution is -2.18. The zero-order chi connectivity index (χ0) is 37.3. The molecule has 1 atom stereocenters. The highest BCUT2D eigenvalue weighted by molar-refractivity contribution is 6.32. The van der Waals surface area contributed by atoms with E-state index in [0.29, 0.717) is 71.2 Å². The van der Waals surface area contributed by atoms with E-state index in [1.807, 2.05) is 6.07 Å². The molecule has 0 spiro atoms. The zero-order valence-electron chi connectivity index (χ0n) is 26.8. The van der Waals surface area contributed by atoms with Gasteiger partial charge in [-0.2, -0.15) is 44.8 Å². The molecule has 3 rings (SSSR count). The van der Waals surface area contributed by atoms with Crippen molar-refractivity contribution < 1.29 is 53.8 Å². The van der Waals surface area contributed by atoms with Gasteiger partial charge in [-0.3, -0.25) is 4.79 Å².